The topological polar surface area (TPSA) is 39.8 Å². The van der Waals surface area contributed by atoms with Gasteiger partial charge in [0.2, 0.25) is 0 Å². The smallest absolute Gasteiger partial charge is 0.285 e. The van der Waals surface area contributed by atoms with E-state index in [1.165, 1.54) is 15.6 Å². The molecule has 1 atom stereocenters. The number of aryl methyl sites for hydroxylation is 1. The van der Waals surface area contributed by atoms with Crippen molar-refractivity contribution < 1.29 is 0 Å². The summed E-state index contributed by atoms with van der Waals surface area (Å²) in [4.78, 5) is 11.2. The number of rotatable bonds is 2. The number of hydrogen-bond donors (Lipinski definition) is 0. The second-order valence-electron chi connectivity index (χ2n) is 2.73. The molecular formula is C7H13N3O. The molecule has 1 rings (SSSR count). The van der Waals surface area contributed by atoms with Crippen molar-refractivity contribution in [2.75, 3.05) is 0 Å². The Morgan fingerprint density at radius 1 is 1.73 bits per heavy atom. The minimum Gasteiger partial charge on any atom is -0.285 e. The molecule has 0 amide bonds. The summed E-state index contributed by atoms with van der Waals surface area (Å²) in [7, 11) is 1.70. The van der Waals surface area contributed by atoms with Crippen LogP contribution in [0.1, 0.15) is 26.3 Å². The van der Waals surface area contributed by atoms with Gasteiger partial charge in [-0.15, -0.1) is 0 Å². The van der Waals surface area contributed by atoms with Crippen LogP contribution < -0.4 is 5.69 Å². The highest BCUT2D eigenvalue weighted by molar-refractivity contribution is 4.69. The summed E-state index contributed by atoms with van der Waals surface area (Å²) >= 11 is 0. The molecule has 0 N–H and O–H groups in total. The van der Waals surface area contributed by atoms with E-state index < -0.39 is 0 Å². The quantitative estimate of drug-likeness (QED) is 0.625. The Bertz CT molecular complexity index is 286. The Kier molecular flexibility index (Phi) is 2.12. The molecule has 4 heteroatoms. The van der Waals surface area contributed by atoms with E-state index in [2.05, 4.69) is 5.10 Å². The summed E-state index contributed by atoms with van der Waals surface area (Å²) in [6, 6.07) is 0.198. The van der Waals surface area contributed by atoms with Crippen LogP contribution in [-0.2, 0) is 7.05 Å². The van der Waals surface area contributed by atoms with Crippen molar-refractivity contribution in [1.82, 2.24) is 14.3 Å². The highest BCUT2D eigenvalue weighted by Crippen LogP contribution is 2.02. The van der Waals surface area contributed by atoms with E-state index in [0.717, 1.165) is 6.42 Å². The Balaban J connectivity index is 3.05. The summed E-state index contributed by atoms with van der Waals surface area (Å²) in [5.41, 5.74) is -0.0423. The van der Waals surface area contributed by atoms with E-state index in [-0.39, 0.29) is 11.7 Å². The zero-order valence-electron chi connectivity index (χ0n) is 7.11. The fraction of sp³-hybridized carbons (Fsp3) is 0.714. The molecular weight excluding hydrogens is 142 g/mol. The summed E-state index contributed by atoms with van der Waals surface area (Å²) in [6.45, 7) is 4.01. The predicted molar refractivity (Wildman–Crippen MR) is 42.5 cm³/mol. The third-order valence-corrected chi connectivity index (χ3v) is 1.86. The Labute approximate surface area is 65.5 Å². The molecule has 1 unspecified atom stereocenters. The fourth-order valence-electron chi connectivity index (χ4n) is 0.869. The monoisotopic (exact) mass is 155 g/mol. The summed E-state index contributed by atoms with van der Waals surface area (Å²) in [5.74, 6) is 0. The van der Waals surface area contributed by atoms with Crippen molar-refractivity contribution in [2.24, 2.45) is 7.05 Å². The lowest BCUT2D eigenvalue weighted by Crippen LogP contribution is -2.25. The van der Waals surface area contributed by atoms with E-state index in [0.29, 0.717) is 0 Å². The first kappa shape index (κ1) is 8.04. The van der Waals surface area contributed by atoms with E-state index >= 15 is 0 Å². The second kappa shape index (κ2) is 2.90. The highest BCUT2D eigenvalue weighted by atomic mass is 16.2. The van der Waals surface area contributed by atoms with Crippen molar-refractivity contribution in [3.63, 3.8) is 0 Å². The first-order valence-corrected chi connectivity index (χ1v) is 3.77. The van der Waals surface area contributed by atoms with Gasteiger partial charge in [0.25, 0.3) is 0 Å². The average molecular weight is 155 g/mol. The van der Waals surface area contributed by atoms with Gasteiger partial charge in [-0.3, -0.25) is 4.57 Å². The molecule has 1 aromatic heterocycles. The van der Waals surface area contributed by atoms with Crippen LogP contribution in [0.25, 0.3) is 0 Å². The van der Waals surface area contributed by atoms with Crippen LogP contribution >= 0.6 is 0 Å². The molecule has 0 saturated carbocycles. The third-order valence-electron chi connectivity index (χ3n) is 1.86. The van der Waals surface area contributed by atoms with Crippen LogP contribution in [0.2, 0.25) is 0 Å². The molecule has 0 aliphatic carbocycles. The average Bonchev–Trinajstić information content (AvgIpc) is 2.32. The van der Waals surface area contributed by atoms with Crippen molar-refractivity contribution in [1.29, 1.82) is 0 Å². The molecule has 0 aliphatic heterocycles. The molecule has 11 heavy (non-hydrogen) atoms. The molecule has 1 aromatic rings. The van der Waals surface area contributed by atoms with Gasteiger partial charge in [-0.2, -0.15) is 5.10 Å². The maximum atomic E-state index is 11.2. The maximum Gasteiger partial charge on any atom is 0.345 e. The third kappa shape index (κ3) is 1.34. The van der Waals surface area contributed by atoms with Gasteiger partial charge in [-0.1, -0.05) is 6.92 Å². The maximum absolute atomic E-state index is 11.2. The first-order valence-electron chi connectivity index (χ1n) is 3.77. The lowest BCUT2D eigenvalue weighted by Gasteiger charge is -2.05. The van der Waals surface area contributed by atoms with Gasteiger partial charge >= 0.3 is 5.69 Å². The van der Waals surface area contributed by atoms with Crippen LogP contribution in [0, 0.1) is 0 Å². The normalized spacial score (nSPS) is 13.4. The zero-order valence-corrected chi connectivity index (χ0v) is 7.11. The van der Waals surface area contributed by atoms with Crippen molar-refractivity contribution in [2.45, 2.75) is 26.3 Å². The van der Waals surface area contributed by atoms with E-state index in [1.54, 1.807) is 7.05 Å². The molecule has 1 heterocycles. The molecule has 0 aromatic carbocycles. The molecule has 4 nitrogen and oxygen atoms in total. The highest BCUT2D eigenvalue weighted by Gasteiger charge is 2.06. The molecule has 0 aliphatic rings. The molecule has 0 saturated heterocycles. The van der Waals surface area contributed by atoms with Gasteiger partial charge in [0.05, 0.1) is 6.04 Å². The van der Waals surface area contributed by atoms with Crippen molar-refractivity contribution in [3.05, 3.63) is 16.8 Å². The van der Waals surface area contributed by atoms with E-state index in [4.69, 9.17) is 0 Å². The Morgan fingerprint density at radius 3 is 2.73 bits per heavy atom. The van der Waals surface area contributed by atoms with Crippen molar-refractivity contribution in [3.8, 4) is 0 Å². The van der Waals surface area contributed by atoms with Crippen molar-refractivity contribution >= 4 is 0 Å². The number of hydrogen-bond acceptors (Lipinski definition) is 2. The SMILES string of the molecule is CCC(C)n1ncn(C)c1=O. The minimum absolute atomic E-state index is 0.0423. The molecule has 62 valence electrons. The molecule has 0 fully saturated rings. The van der Waals surface area contributed by atoms with Gasteiger partial charge < -0.3 is 0 Å². The Morgan fingerprint density at radius 2 is 2.36 bits per heavy atom. The minimum atomic E-state index is -0.0423. The second-order valence-corrected chi connectivity index (χ2v) is 2.73. The number of nitrogens with zero attached hydrogens (tertiary/aromatic N) is 3. The van der Waals surface area contributed by atoms with Gasteiger partial charge in [-0.25, -0.2) is 9.48 Å². The molecule has 0 radical (unpaired) electrons. The Hall–Kier alpha value is -1.06. The summed E-state index contributed by atoms with van der Waals surface area (Å²) in [5, 5.41) is 3.95. The van der Waals surface area contributed by atoms with E-state index in [9.17, 15) is 4.79 Å². The van der Waals surface area contributed by atoms with Gasteiger partial charge in [0.1, 0.15) is 6.33 Å². The van der Waals surface area contributed by atoms with Crippen LogP contribution in [0.15, 0.2) is 11.1 Å². The van der Waals surface area contributed by atoms with Crippen LogP contribution in [0.4, 0.5) is 0 Å². The van der Waals surface area contributed by atoms with Crippen LogP contribution in [-0.4, -0.2) is 14.3 Å². The number of aromatic nitrogens is 3. The lowest BCUT2D eigenvalue weighted by molar-refractivity contribution is 0.459. The summed E-state index contributed by atoms with van der Waals surface area (Å²) < 4.78 is 2.98. The predicted octanol–water partition coefficient (Wildman–Crippen LogP) is 0.553. The molecule has 0 spiro atoms. The van der Waals surface area contributed by atoms with E-state index in [1.807, 2.05) is 13.8 Å². The van der Waals surface area contributed by atoms with Gasteiger partial charge in [0.15, 0.2) is 0 Å². The first-order chi connectivity index (χ1) is 5.16. The standard InChI is InChI=1S/C7H13N3O/c1-4-6(2)10-7(11)9(3)5-8-10/h5-6H,4H2,1-3H3. The zero-order chi connectivity index (χ0) is 8.43. The van der Waals surface area contributed by atoms with Crippen LogP contribution in [0.5, 0.6) is 0 Å². The molecule has 0 bridgehead atoms. The largest absolute Gasteiger partial charge is 0.345 e. The summed E-state index contributed by atoms with van der Waals surface area (Å²) in [6.07, 6.45) is 2.46. The van der Waals surface area contributed by atoms with Gasteiger partial charge in [0, 0.05) is 7.05 Å². The fourth-order valence-corrected chi connectivity index (χ4v) is 0.869. The van der Waals surface area contributed by atoms with Gasteiger partial charge in [-0.05, 0) is 13.3 Å². The van der Waals surface area contributed by atoms with Crippen LogP contribution in [0.3, 0.4) is 0 Å². The lowest BCUT2D eigenvalue weighted by atomic mass is 10.3.